The Morgan fingerprint density at radius 2 is 0.854 bits per heavy atom. The predicted octanol–water partition coefficient (Wildman–Crippen LogP) is 8.81. The van der Waals surface area contributed by atoms with Crippen molar-refractivity contribution in [3.63, 3.8) is 0 Å². The monoisotopic (exact) mass is 560 g/mol. The lowest BCUT2D eigenvalue weighted by atomic mass is 10.1. The molecule has 3 aromatic rings. The minimum atomic E-state index is 0.0588. The highest BCUT2D eigenvalue weighted by atomic mass is 16.5. The molecule has 0 radical (unpaired) electrons. The lowest BCUT2D eigenvalue weighted by Gasteiger charge is -2.20. The first kappa shape index (κ1) is 31.5. The van der Waals surface area contributed by atoms with Crippen LogP contribution in [0.3, 0.4) is 0 Å². The van der Waals surface area contributed by atoms with Gasteiger partial charge in [-0.25, -0.2) is 0 Å². The quantitative estimate of drug-likeness (QED) is 0.173. The first-order valence-corrected chi connectivity index (χ1v) is 14.2. The fourth-order valence-corrected chi connectivity index (χ4v) is 4.23. The van der Waals surface area contributed by atoms with Gasteiger partial charge in [0.25, 0.3) is 0 Å². The highest BCUT2D eigenvalue weighted by Crippen LogP contribution is 2.41. The molecule has 0 aliphatic carbocycles. The molecule has 1 atom stereocenters. The number of hydrogen-bond donors (Lipinski definition) is 0. The molecule has 3 aromatic carbocycles. The van der Waals surface area contributed by atoms with Gasteiger partial charge in [0.05, 0.1) is 40.6 Å². The zero-order chi connectivity index (χ0) is 29.8. The summed E-state index contributed by atoms with van der Waals surface area (Å²) in [5.41, 5.74) is 4.07. The Hall–Kier alpha value is -4.06. The number of hydrogen-bond acceptors (Lipinski definition) is 6. The summed E-state index contributed by atoms with van der Waals surface area (Å²) in [6, 6.07) is 16.2. The van der Waals surface area contributed by atoms with Gasteiger partial charge in [-0.1, -0.05) is 69.3 Å². The SMILES string of the molecule is CCC(C)Oc1c(OC)cc(/C=C/c2ccc(/C=C/c3cc(OC)c(OC(CC)CC)c(OC)c3)cc2)cc1OC. The molecule has 0 aliphatic heterocycles. The molecule has 6 nitrogen and oxygen atoms in total. The van der Waals surface area contributed by atoms with Gasteiger partial charge in [-0.05, 0) is 72.7 Å². The highest BCUT2D eigenvalue weighted by Gasteiger charge is 2.18. The lowest BCUT2D eigenvalue weighted by Crippen LogP contribution is -2.15. The second-order valence-electron chi connectivity index (χ2n) is 9.74. The maximum absolute atomic E-state index is 6.19. The Bertz CT molecular complexity index is 1250. The third-order valence-corrected chi connectivity index (χ3v) is 6.93. The van der Waals surface area contributed by atoms with Gasteiger partial charge >= 0.3 is 0 Å². The Balaban J connectivity index is 1.77. The molecule has 6 heteroatoms. The van der Waals surface area contributed by atoms with Crippen molar-refractivity contribution in [3.8, 4) is 34.5 Å². The molecule has 0 bridgehead atoms. The summed E-state index contributed by atoms with van der Waals surface area (Å²) in [5, 5.41) is 0. The normalized spacial score (nSPS) is 12.1. The molecule has 41 heavy (non-hydrogen) atoms. The number of methoxy groups -OCH3 is 4. The molecule has 0 spiro atoms. The highest BCUT2D eigenvalue weighted by molar-refractivity contribution is 5.75. The molecule has 0 saturated heterocycles. The molecule has 3 rings (SSSR count). The van der Waals surface area contributed by atoms with Crippen LogP contribution in [0.2, 0.25) is 0 Å². The summed E-state index contributed by atoms with van der Waals surface area (Å²) in [7, 11) is 6.58. The van der Waals surface area contributed by atoms with Gasteiger partial charge in [0.2, 0.25) is 11.5 Å². The van der Waals surface area contributed by atoms with Crippen LogP contribution in [0.4, 0.5) is 0 Å². The Labute approximate surface area is 245 Å². The average molecular weight is 561 g/mol. The fraction of sp³-hybridized carbons (Fsp3) is 0.371. The third kappa shape index (κ3) is 8.46. The third-order valence-electron chi connectivity index (χ3n) is 6.93. The van der Waals surface area contributed by atoms with Crippen molar-refractivity contribution in [2.45, 2.75) is 59.2 Å². The van der Waals surface area contributed by atoms with Crippen LogP contribution in [0.25, 0.3) is 24.3 Å². The zero-order valence-electron chi connectivity index (χ0n) is 25.7. The Morgan fingerprint density at radius 3 is 1.17 bits per heavy atom. The van der Waals surface area contributed by atoms with E-state index in [-0.39, 0.29) is 12.2 Å². The van der Waals surface area contributed by atoms with Gasteiger partial charge in [0.15, 0.2) is 23.0 Å². The Morgan fingerprint density at radius 1 is 0.512 bits per heavy atom. The Kier molecular flexibility index (Phi) is 12.0. The van der Waals surface area contributed by atoms with Crippen molar-refractivity contribution in [1.29, 1.82) is 0 Å². The van der Waals surface area contributed by atoms with Crippen molar-refractivity contribution in [1.82, 2.24) is 0 Å². The molecule has 0 fully saturated rings. The van der Waals surface area contributed by atoms with Crippen molar-refractivity contribution < 1.29 is 28.4 Å². The summed E-state index contributed by atoms with van der Waals surface area (Å²) in [5.74, 6) is 3.88. The van der Waals surface area contributed by atoms with E-state index in [0.717, 1.165) is 41.5 Å². The summed E-state index contributed by atoms with van der Waals surface area (Å²) in [4.78, 5) is 0. The van der Waals surface area contributed by atoms with Crippen molar-refractivity contribution in [2.24, 2.45) is 0 Å². The minimum absolute atomic E-state index is 0.0588. The largest absolute Gasteiger partial charge is 0.493 e. The smallest absolute Gasteiger partial charge is 0.203 e. The van der Waals surface area contributed by atoms with Crippen LogP contribution in [0.5, 0.6) is 34.5 Å². The summed E-state index contributed by atoms with van der Waals surface area (Å²) < 4.78 is 34.7. The second-order valence-corrected chi connectivity index (χ2v) is 9.74. The summed E-state index contributed by atoms with van der Waals surface area (Å²) in [6.45, 7) is 8.33. The topological polar surface area (TPSA) is 55.4 Å². The van der Waals surface area contributed by atoms with Gasteiger partial charge in [-0.15, -0.1) is 0 Å². The van der Waals surface area contributed by atoms with Crippen LogP contribution < -0.4 is 28.4 Å². The second kappa shape index (κ2) is 15.7. The van der Waals surface area contributed by atoms with Crippen LogP contribution in [-0.4, -0.2) is 40.6 Å². The first-order valence-electron chi connectivity index (χ1n) is 14.2. The van der Waals surface area contributed by atoms with Gasteiger partial charge < -0.3 is 28.4 Å². The molecular formula is C35H44O6. The van der Waals surface area contributed by atoms with Gasteiger partial charge in [-0.3, -0.25) is 0 Å². The van der Waals surface area contributed by atoms with Gasteiger partial charge in [0, 0.05) is 0 Å². The lowest BCUT2D eigenvalue weighted by molar-refractivity contribution is 0.177. The number of ether oxygens (including phenoxy) is 6. The number of benzene rings is 3. The average Bonchev–Trinajstić information content (AvgIpc) is 3.01. The first-order chi connectivity index (χ1) is 19.9. The number of rotatable bonds is 15. The zero-order valence-corrected chi connectivity index (χ0v) is 25.7. The molecule has 1 unspecified atom stereocenters. The van der Waals surface area contributed by atoms with Crippen molar-refractivity contribution >= 4 is 24.3 Å². The minimum Gasteiger partial charge on any atom is -0.493 e. The maximum Gasteiger partial charge on any atom is 0.203 e. The van der Waals surface area contributed by atoms with E-state index in [9.17, 15) is 0 Å². The van der Waals surface area contributed by atoms with E-state index >= 15 is 0 Å². The maximum atomic E-state index is 6.19. The van der Waals surface area contributed by atoms with Crippen LogP contribution in [0, 0.1) is 0 Å². The van der Waals surface area contributed by atoms with E-state index in [0.29, 0.717) is 34.5 Å². The standard InChI is InChI=1S/C35H44O6/c1-9-24(4)40-34-30(36-5)20-27(21-31(34)37-6)18-16-25-12-14-26(15-13-25)17-19-28-22-32(38-7)35(33(23-28)39-8)41-29(10-2)11-3/h12-24,29H,9-11H2,1-8H3/b18-16+,19-17+. The van der Waals surface area contributed by atoms with E-state index in [1.807, 2.05) is 43.3 Å². The molecular weight excluding hydrogens is 516 g/mol. The van der Waals surface area contributed by atoms with Crippen molar-refractivity contribution in [3.05, 3.63) is 70.8 Å². The molecule has 220 valence electrons. The van der Waals surface area contributed by atoms with Crippen LogP contribution in [0.15, 0.2) is 48.5 Å². The van der Waals surface area contributed by atoms with E-state index < -0.39 is 0 Å². The molecule has 0 N–H and O–H groups in total. The van der Waals surface area contributed by atoms with Crippen LogP contribution in [0.1, 0.15) is 69.2 Å². The molecule has 0 aliphatic rings. The molecule has 0 aromatic heterocycles. The summed E-state index contributed by atoms with van der Waals surface area (Å²) in [6.07, 6.45) is 11.1. The van der Waals surface area contributed by atoms with E-state index in [1.54, 1.807) is 28.4 Å². The molecule has 0 heterocycles. The van der Waals surface area contributed by atoms with Gasteiger partial charge in [-0.2, -0.15) is 0 Å². The van der Waals surface area contributed by atoms with E-state index in [4.69, 9.17) is 28.4 Å². The van der Waals surface area contributed by atoms with Gasteiger partial charge in [0.1, 0.15) is 0 Å². The van der Waals surface area contributed by atoms with Crippen LogP contribution >= 0.6 is 0 Å². The molecule has 0 saturated carbocycles. The van der Waals surface area contributed by atoms with E-state index in [1.165, 1.54) is 0 Å². The van der Waals surface area contributed by atoms with Crippen LogP contribution in [-0.2, 0) is 0 Å². The van der Waals surface area contributed by atoms with E-state index in [2.05, 4.69) is 57.2 Å². The summed E-state index contributed by atoms with van der Waals surface area (Å²) >= 11 is 0. The molecule has 0 amide bonds. The fourth-order valence-electron chi connectivity index (χ4n) is 4.23. The predicted molar refractivity (Wildman–Crippen MR) is 169 cm³/mol. The van der Waals surface area contributed by atoms with Crippen molar-refractivity contribution in [2.75, 3.05) is 28.4 Å².